The maximum absolute atomic E-state index is 13.5. The highest BCUT2D eigenvalue weighted by atomic mass is 19.1. The molecule has 0 bridgehead atoms. The molecule has 1 aromatic carbocycles. The van der Waals surface area contributed by atoms with Crippen LogP contribution in [0.15, 0.2) is 24.3 Å². The van der Waals surface area contributed by atoms with Crippen molar-refractivity contribution in [3.05, 3.63) is 35.6 Å². The predicted octanol–water partition coefficient (Wildman–Crippen LogP) is 2.38. The van der Waals surface area contributed by atoms with E-state index in [1.807, 2.05) is 0 Å². The highest BCUT2D eigenvalue weighted by Crippen LogP contribution is 2.34. The van der Waals surface area contributed by atoms with Crippen LogP contribution in [-0.4, -0.2) is 17.7 Å². The van der Waals surface area contributed by atoms with E-state index in [9.17, 15) is 9.18 Å². The van der Waals surface area contributed by atoms with Crippen LogP contribution in [0.3, 0.4) is 0 Å². The Hall–Kier alpha value is -1.42. The number of benzene rings is 1. The molecule has 0 aliphatic carbocycles. The molecule has 2 atom stereocenters. The first-order valence-corrected chi connectivity index (χ1v) is 5.29. The van der Waals surface area contributed by atoms with Crippen molar-refractivity contribution >= 4 is 5.97 Å². The monoisotopic (exact) mass is 224 g/mol. The molecule has 1 aliphatic heterocycles. The Kier molecular flexibility index (Phi) is 3.19. The molecule has 86 valence electrons. The largest absolute Gasteiger partial charge is 0.481 e. The standard InChI is InChI=1S/C12H13FO3/c13-10-6-2-1-4-8(10)11-9(12(14)15)5-3-7-16-11/h1-2,4,6,9,11H,3,5,7H2,(H,14,15). The third-order valence-corrected chi connectivity index (χ3v) is 2.85. The lowest BCUT2D eigenvalue weighted by atomic mass is 9.89. The molecule has 0 radical (unpaired) electrons. The third kappa shape index (κ3) is 2.07. The highest BCUT2D eigenvalue weighted by molar-refractivity contribution is 5.71. The second-order valence-electron chi connectivity index (χ2n) is 3.90. The number of ether oxygens (including phenoxy) is 1. The molecular formula is C12H13FO3. The van der Waals surface area contributed by atoms with Crippen LogP contribution in [-0.2, 0) is 9.53 Å². The second-order valence-corrected chi connectivity index (χ2v) is 3.90. The molecule has 2 rings (SSSR count). The topological polar surface area (TPSA) is 46.5 Å². The van der Waals surface area contributed by atoms with Crippen molar-refractivity contribution < 1.29 is 19.0 Å². The minimum atomic E-state index is -0.923. The normalized spacial score (nSPS) is 25.3. The summed E-state index contributed by atoms with van der Waals surface area (Å²) in [5, 5.41) is 9.06. The van der Waals surface area contributed by atoms with Gasteiger partial charge in [-0.25, -0.2) is 4.39 Å². The van der Waals surface area contributed by atoms with Gasteiger partial charge in [-0.05, 0) is 18.9 Å². The van der Waals surface area contributed by atoms with Crippen molar-refractivity contribution in [1.82, 2.24) is 0 Å². The SMILES string of the molecule is O=C(O)C1CCCOC1c1ccccc1F. The third-order valence-electron chi connectivity index (χ3n) is 2.85. The van der Waals surface area contributed by atoms with Gasteiger partial charge in [0.15, 0.2) is 0 Å². The Morgan fingerprint density at radius 1 is 1.44 bits per heavy atom. The van der Waals surface area contributed by atoms with Crippen LogP contribution >= 0.6 is 0 Å². The molecular weight excluding hydrogens is 211 g/mol. The fourth-order valence-corrected chi connectivity index (χ4v) is 2.05. The van der Waals surface area contributed by atoms with E-state index in [1.54, 1.807) is 18.2 Å². The van der Waals surface area contributed by atoms with Gasteiger partial charge in [0, 0.05) is 12.2 Å². The van der Waals surface area contributed by atoms with Crippen molar-refractivity contribution in [2.45, 2.75) is 18.9 Å². The number of hydrogen-bond acceptors (Lipinski definition) is 2. The average molecular weight is 224 g/mol. The van der Waals surface area contributed by atoms with Crippen LogP contribution in [0, 0.1) is 11.7 Å². The number of halogens is 1. The van der Waals surface area contributed by atoms with E-state index in [0.717, 1.165) is 0 Å². The Labute approximate surface area is 92.9 Å². The van der Waals surface area contributed by atoms with Crippen molar-refractivity contribution in [3.63, 3.8) is 0 Å². The van der Waals surface area contributed by atoms with Gasteiger partial charge in [-0.1, -0.05) is 18.2 Å². The van der Waals surface area contributed by atoms with E-state index >= 15 is 0 Å². The molecule has 0 spiro atoms. The number of aliphatic carboxylic acids is 1. The summed E-state index contributed by atoms with van der Waals surface area (Å²) >= 11 is 0. The minimum Gasteiger partial charge on any atom is -0.481 e. The van der Waals surface area contributed by atoms with Crippen LogP contribution in [0.25, 0.3) is 0 Å². The van der Waals surface area contributed by atoms with Gasteiger partial charge in [0.25, 0.3) is 0 Å². The van der Waals surface area contributed by atoms with E-state index < -0.39 is 23.8 Å². The summed E-state index contributed by atoms with van der Waals surface area (Å²) in [4.78, 5) is 11.0. The van der Waals surface area contributed by atoms with Crippen molar-refractivity contribution in [3.8, 4) is 0 Å². The summed E-state index contributed by atoms with van der Waals surface area (Å²) in [5.74, 6) is -1.97. The van der Waals surface area contributed by atoms with Gasteiger partial charge in [-0.15, -0.1) is 0 Å². The summed E-state index contributed by atoms with van der Waals surface area (Å²) in [7, 11) is 0. The predicted molar refractivity (Wildman–Crippen MR) is 55.5 cm³/mol. The van der Waals surface area contributed by atoms with Gasteiger partial charge in [-0.2, -0.15) is 0 Å². The summed E-state index contributed by atoms with van der Waals surface area (Å²) in [5.41, 5.74) is 0.342. The second kappa shape index (κ2) is 4.61. The highest BCUT2D eigenvalue weighted by Gasteiger charge is 2.34. The Morgan fingerprint density at radius 3 is 2.88 bits per heavy atom. The van der Waals surface area contributed by atoms with Gasteiger partial charge >= 0.3 is 5.97 Å². The van der Waals surface area contributed by atoms with Gasteiger partial charge in [-0.3, -0.25) is 4.79 Å². The lowest BCUT2D eigenvalue weighted by Gasteiger charge is -2.29. The average Bonchev–Trinajstić information content (AvgIpc) is 2.29. The zero-order valence-electron chi connectivity index (χ0n) is 8.73. The molecule has 4 heteroatoms. The summed E-state index contributed by atoms with van der Waals surface area (Å²) < 4.78 is 18.9. The quantitative estimate of drug-likeness (QED) is 0.838. The van der Waals surface area contributed by atoms with E-state index in [1.165, 1.54) is 6.07 Å². The van der Waals surface area contributed by atoms with Crippen LogP contribution in [0.1, 0.15) is 24.5 Å². The number of rotatable bonds is 2. The fourth-order valence-electron chi connectivity index (χ4n) is 2.05. The molecule has 0 saturated carbocycles. The van der Waals surface area contributed by atoms with Crippen LogP contribution in [0.5, 0.6) is 0 Å². The van der Waals surface area contributed by atoms with Crippen molar-refractivity contribution in [2.75, 3.05) is 6.61 Å². The summed E-state index contributed by atoms with van der Waals surface area (Å²) in [6.45, 7) is 0.489. The first-order chi connectivity index (χ1) is 7.70. The smallest absolute Gasteiger partial charge is 0.309 e. The van der Waals surface area contributed by atoms with Crippen LogP contribution in [0.4, 0.5) is 4.39 Å². The zero-order chi connectivity index (χ0) is 11.5. The summed E-state index contributed by atoms with van der Waals surface area (Å²) in [6, 6.07) is 6.18. The van der Waals surface area contributed by atoms with Crippen LogP contribution < -0.4 is 0 Å². The Bertz CT molecular complexity index is 392. The lowest BCUT2D eigenvalue weighted by Crippen LogP contribution is -2.29. The molecule has 3 nitrogen and oxygen atoms in total. The van der Waals surface area contributed by atoms with Gasteiger partial charge in [0.2, 0.25) is 0 Å². The molecule has 2 unspecified atom stereocenters. The molecule has 1 heterocycles. The maximum Gasteiger partial charge on any atom is 0.309 e. The Balaban J connectivity index is 2.30. The molecule has 1 aromatic rings. The summed E-state index contributed by atoms with van der Waals surface area (Å²) in [6.07, 6.45) is 0.587. The number of carboxylic acids is 1. The minimum absolute atomic E-state index is 0.342. The van der Waals surface area contributed by atoms with E-state index in [4.69, 9.17) is 9.84 Å². The Morgan fingerprint density at radius 2 is 2.19 bits per heavy atom. The van der Waals surface area contributed by atoms with Gasteiger partial charge in [0.1, 0.15) is 5.82 Å². The number of carboxylic acid groups (broad SMARTS) is 1. The van der Waals surface area contributed by atoms with Gasteiger partial charge < -0.3 is 9.84 Å². The zero-order valence-corrected chi connectivity index (χ0v) is 8.73. The molecule has 16 heavy (non-hydrogen) atoms. The molecule has 1 N–H and O–H groups in total. The van der Waals surface area contributed by atoms with E-state index in [0.29, 0.717) is 25.0 Å². The molecule has 1 aliphatic rings. The number of hydrogen-bond donors (Lipinski definition) is 1. The van der Waals surface area contributed by atoms with Crippen molar-refractivity contribution in [2.24, 2.45) is 5.92 Å². The molecule has 1 saturated heterocycles. The molecule has 0 aromatic heterocycles. The van der Waals surface area contributed by atoms with Crippen molar-refractivity contribution in [1.29, 1.82) is 0 Å². The van der Waals surface area contributed by atoms with Crippen LogP contribution in [0.2, 0.25) is 0 Å². The first-order valence-electron chi connectivity index (χ1n) is 5.29. The molecule has 1 fully saturated rings. The maximum atomic E-state index is 13.5. The first kappa shape index (κ1) is 11.1. The fraction of sp³-hybridized carbons (Fsp3) is 0.417. The number of carbonyl (C=O) groups is 1. The molecule has 0 amide bonds. The van der Waals surface area contributed by atoms with E-state index in [2.05, 4.69) is 0 Å². The lowest BCUT2D eigenvalue weighted by molar-refractivity contribution is -0.152. The van der Waals surface area contributed by atoms with E-state index in [-0.39, 0.29) is 0 Å². The van der Waals surface area contributed by atoms with Gasteiger partial charge in [0.05, 0.1) is 12.0 Å².